The van der Waals surface area contributed by atoms with E-state index < -0.39 is 0 Å². The summed E-state index contributed by atoms with van der Waals surface area (Å²) < 4.78 is 7.45. The van der Waals surface area contributed by atoms with Crippen LogP contribution in [0.1, 0.15) is 5.56 Å². The van der Waals surface area contributed by atoms with E-state index in [2.05, 4.69) is 37.1 Å². The first kappa shape index (κ1) is 21.4. The topological polar surface area (TPSA) is 78.8 Å². The number of ether oxygens (including phenoxy) is 1. The number of methoxy groups -OCH3 is 1. The van der Waals surface area contributed by atoms with Crippen molar-refractivity contribution in [2.45, 2.75) is 6.54 Å². The third-order valence-electron chi connectivity index (χ3n) is 6.75. The molecule has 176 valence electrons. The van der Waals surface area contributed by atoms with Crippen molar-refractivity contribution < 1.29 is 4.74 Å². The number of hydrogen-bond acceptors (Lipinski definition) is 6. The van der Waals surface area contributed by atoms with Crippen molar-refractivity contribution in [3.8, 4) is 16.9 Å². The zero-order valence-electron chi connectivity index (χ0n) is 19.5. The standard InChI is InChI=1S/C27H26N6O2/c1-35-23-10-6-7-19(18-31-13-15-32(16-14-31)24-11-4-5-12-28-24)26(23)21-17-25-29-30-27(34)33(25)22-9-3-2-8-20(21)22/h2-12,17H,13-16,18H2,1H3,(H,30,34). The summed E-state index contributed by atoms with van der Waals surface area (Å²) in [7, 11) is 1.70. The minimum absolute atomic E-state index is 0.242. The van der Waals surface area contributed by atoms with Crippen molar-refractivity contribution in [2.24, 2.45) is 0 Å². The molecule has 0 atom stereocenters. The second kappa shape index (κ2) is 8.88. The Labute approximate surface area is 202 Å². The van der Waals surface area contributed by atoms with Crippen LogP contribution in [0.15, 0.2) is 77.7 Å². The van der Waals surface area contributed by atoms with Crippen LogP contribution >= 0.6 is 0 Å². The van der Waals surface area contributed by atoms with Gasteiger partial charge in [-0.1, -0.05) is 36.4 Å². The van der Waals surface area contributed by atoms with E-state index in [0.29, 0.717) is 5.65 Å². The number of anilines is 1. The molecule has 0 unspecified atom stereocenters. The molecule has 0 saturated carbocycles. The fourth-order valence-electron chi connectivity index (χ4n) is 5.05. The van der Waals surface area contributed by atoms with E-state index in [9.17, 15) is 4.79 Å². The number of fused-ring (bicyclic) bond motifs is 3. The van der Waals surface area contributed by atoms with Crippen molar-refractivity contribution in [2.75, 3.05) is 38.2 Å². The SMILES string of the molecule is COc1cccc(CN2CCN(c3ccccn3)CC2)c1-c1cc2n[nH]c(=O)n2c2ccccc12. The zero-order chi connectivity index (χ0) is 23.8. The molecule has 1 N–H and O–H groups in total. The Balaban J connectivity index is 1.39. The van der Waals surface area contributed by atoms with Crippen LogP contribution in [0, 0.1) is 0 Å². The lowest BCUT2D eigenvalue weighted by Crippen LogP contribution is -2.46. The quantitative estimate of drug-likeness (QED) is 0.427. The first-order valence-electron chi connectivity index (χ1n) is 11.8. The predicted molar refractivity (Wildman–Crippen MR) is 137 cm³/mol. The first-order chi connectivity index (χ1) is 17.2. The number of H-pyrrole nitrogens is 1. The Morgan fingerprint density at radius 2 is 1.80 bits per heavy atom. The molecule has 3 aromatic heterocycles. The monoisotopic (exact) mass is 466 g/mol. The van der Waals surface area contributed by atoms with Gasteiger partial charge in [0, 0.05) is 49.9 Å². The summed E-state index contributed by atoms with van der Waals surface area (Å²) in [6.07, 6.45) is 1.85. The molecule has 5 aromatic rings. The summed E-state index contributed by atoms with van der Waals surface area (Å²) in [5.41, 5.74) is 4.39. The Morgan fingerprint density at radius 3 is 2.60 bits per heavy atom. The second-order valence-electron chi connectivity index (χ2n) is 8.74. The number of para-hydroxylation sites is 1. The van der Waals surface area contributed by atoms with E-state index in [4.69, 9.17) is 4.74 Å². The van der Waals surface area contributed by atoms with Crippen LogP contribution < -0.4 is 15.3 Å². The van der Waals surface area contributed by atoms with Crippen molar-refractivity contribution in [1.29, 1.82) is 0 Å². The van der Waals surface area contributed by atoms with Gasteiger partial charge in [-0.15, -0.1) is 0 Å². The lowest BCUT2D eigenvalue weighted by Gasteiger charge is -2.35. The number of aromatic amines is 1. The summed E-state index contributed by atoms with van der Waals surface area (Å²) in [6.45, 7) is 4.56. The third-order valence-corrected chi connectivity index (χ3v) is 6.75. The largest absolute Gasteiger partial charge is 0.496 e. The Hall–Kier alpha value is -4.17. The average Bonchev–Trinajstić information content (AvgIpc) is 3.29. The van der Waals surface area contributed by atoms with Gasteiger partial charge in [-0.05, 0) is 41.5 Å². The molecule has 1 saturated heterocycles. The van der Waals surface area contributed by atoms with Crippen LogP contribution in [0.5, 0.6) is 5.75 Å². The number of piperazine rings is 1. The highest BCUT2D eigenvalue weighted by atomic mass is 16.5. The normalized spacial score (nSPS) is 14.6. The molecule has 35 heavy (non-hydrogen) atoms. The molecule has 1 aliphatic rings. The molecule has 1 aliphatic heterocycles. The summed E-state index contributed by atoms with van der Waals surface area (Å²) in [6, 6.07) is 22.2. The number of rotatable bonds is 5. The number of nitrogens with zero attached hydrogens (tertiary/aromatic N) is 5. The van der Waals surface area contributed by atoms with Crippen LogP contribution in [-0.4, -0.2) is 57.8 Å². The van der Waals surface area contributed by atoms with Crippen molar-refractivity contribution in [1.82, 2.24) is 24.5 Å². The molecular weight excluding hydrogens is 440 g/mol. The summed E-state index contributed by atoms with van der Waals surface area (Å²) >= 11 is 0. The number of pyridine rings is 2. The number of hydrogen-bond donors (Lipinski definition) is 1. The molecule has 8 nitrogen and oxygen atoms in total. The minimum Gasteiger partial charge on any atom is -0.496 e. The highest BCUT2D eigenvalue weighted by Gasteiger charge is 2.22. The molecule has 0 spiro atoms. The maximum Gasteiger partial charge on any atom is 0.348 e. The van der Waals surface area contributed by atoms with Crippen LogP contribution in [0.4, 0.5) is 5.82 Å². The second-order valence-corrected chi connectivity index (χ2v) is 8.74. The van der Waals surface area contributed by atoms with Gasteiger partial charge in [0.15, 0.2) is 5.65 Å². The van der Waals surface area contributed by atoms with Crippen molar-refractivity contribution in [3.63, 3.8) is 0 Å². The highest BCUT2D eigenvalue weighted by Crippen LogP contribution is 2.39. The first-order valence-corrected chi connectivity index (χ1v) is 11.8. The maximum atomic E-state index is 12.4. The van der Waals surface area contributed by atoms with Crippen molar-refractivity contribution in [3.05, 3.63) is 89.0 Å². The van der Waals surface area contributed by atoms with E-state index in [1.807, 2.05) is 60.8 Å². The summed E-state index contributed by atoms with van der Waals surface area (Å²) in [5, 5.41) is 7.82. The van der Waals surface area contributed by atoms with Gasteiger partial charge in [0.1, 0.15) is 11.6 Å². The molecule has 2 aromatic carbocycles. The van der Waals surface area contributed by atoms with E-state index in [0.717, 1.165) is 66.3 Å². The number of nitrogens with one attached hydrogen (secondary N) is 1. The number of aromatic nitrogens is 4. The van der Waals surface area contributed by atoms with Gasteiger partial charge >= 0.3 is 5.69 Å². The zero-order valence-corrected chi connectivity index (χ0v) is 19.5. The lowest BCUT2D eigenvalue weighted by molar-refractivity contribution is 0.249. The van der Waals surface area contributed by atoms with E-state index in [1.54, 1.807) is 11.5 Å². The minimum atomic E-state index is -0.242. The van der Waals surface area contributed by atoms with E-state index >= 15 is 0 Å². The van der Waals surface area contributed by atoms with Gasteiger partial charge in [0.25, 0.3) is 0 Å². The molecule has 0 amide bonds. The van der Waals surface area contributed by atoms with E-state index in [1.165, 1.54) is 5.56 Å². The van der Waals surface area contributed by atoms with E-state index in [-0.39, 0.29) is 5.69 Å². The Kier molecular flexibility index (Phi) is 5.42. The Bertz CT molecular complexity index is 1550. The summed E-state index contributed by atoms with van der Waals surface area (Å²) in [5.74, 6) is 1.84. The molecule has 4 heterocycles. The van der Waals surface area contributed by atoms with Gasteiger partial charge in [-0.25, -0.2) is 19.3 Å². The lowest BCUT2D eigenvalue weighted by atomic mass is 9.95. The van der Waals surface area contributed by atoms with Crippen LogP contribution in [0.3, 0.4) is 0 Å². The fraction of sp³-hybridized carbons (Fsp3) is 0.222. The van der Waals surface area contributed by atoms with Gasteiger partial charge in [-0.2, -0.15) is 5.10 Å². The Morgan fingerprint density at radius 1 is 0.971 bits per heavy atom. The van der Waals surface area contributed by atoms with Crippen LogP contribution in [0.25, 0.3) is 27.7 Å². The molecular formula is C27H26N6O2. The van der Waals surface area contributed by atoms with Gasteiger partial charge in [-0.3, -0.25) is 4.90 Å². The van der Waals surface area contributed by atoms with Crippen LogP contribution in [0.2, 0.25) is 0 Å². The summed E-state index contributed by atoms with van der Waals surface area (Å²) in [4.78, 5) is 21.7. The van der Waals surface area contributed by atoms with Crippen molar-refractivity contribution >= 4 is 22.4 Å². The van der Waals surface area contributed by atoms with Gasteiger partial charge in [0.2, 0.25) is 0 Å². The molecule has 0 radical (unpaired) electrons. The highest BCUT2D eigenvalue weighted by molar-refractivity contribution is 5.99. The smallest absolute Gasteiger partial charge is 0.348 e. The fourth-order valence-corrected chi connectivity index (χ4v) is 5.05. The van der Waals surface area contributed by atoms with Crippen LogP contribution in [-0.2, 0) is 6.54 Å². The molecule has 1 fully saturated rings. The molecule has 8 heteroatoms. The van der Waals surface area contributed by atoms with Gasteiger partial charge in [0.05, 0.1) is 12.6 Å². The molecule has 6 rings (SSSR count). The molecule has 0 aliphatic carbocycles. The predicted octanol–water partition coefficient (Wildman–Crippen LogP) is 3.57. The third kappa shape index (κ3) is 3.81. The number of benzene rings is 2. The molecule has 0 bridgehead atoms. The average molecular weight is 467 g/mol. The maximum absolute atomic E-state index is 12.4. The van der Waals surface area contributed by atoms with Gasteiger partial charge < -0.3 is 9.64 Å².